The summed E-state index contributed by atoms with van der Waals surface area (Å²) in [6, 6.07) is 4.26. The van der Waals surface area contributed by atoms with E-state index >= 15 is 0 Å². The smallest absolute Gasteiger partial charge is 0.228 e. The third-order valence-corrected chi connectivity index (χ3v) is 7.85. The highest BCUT2D eigenvalue weighted by atomic mass is 32.2. The van der Waals surface area contributed by atoms with E-state index in [4.69, 9.17) is 4.98 Å². The number of aliphatic hydroxyl groups is 1. The normalized spacial score (nSPS) is 17.1. The summed E-state index contributed by atoms with van der Waals surface area (Å²) >= 11 is 3.04. The predicted octanol–water partition coefficient (Wildman–Crippen LogP) is 3.43. The first-order valence-corrected chi connectivity index (χ1v) is 12.6. The number of hydrogen-bond donors (Lipinski definition) is 2. The number of thioether (sulfide) groups is 1. The van der Waals surface area contributed by atoms with Crippen molar-refractivity contribution in [1.82, 2.24) is 34.6 Å². The molecular formula is C22H23N9OS2. The Morgan fingerprint density at radius 2 is 2.09 bits per heavy atom. The van der Waals surface area contributed by atoms with Crippen LogP contribution in [-0.4, -0.2) is 63.6 Å². The SMILES string of the molecule is CCSC(C)(O)N1CC(CC#N)(n2cc(-c3nc(Nc4cncnc4)nc4ccsc34)cn2)C1. The first-order chi connectivity index (χ1) is 16.4. The topological polar surface area (TPSA) is 129 Å². The standard InChI is InChI=1S/C22H23N9OS2/c1-3-34-21(2,32)30-12-22(13-30,5-6-23)31-11-15(8-26-31)18-19-17(4-7-33-19)28-20(29-18)27-16-9-24-14-25-10-16/h4,7-11,14,32H,3,5,12-13H2,1-2H3,(H,27,28,29). The molecule has 0 saturated carbocycles. The molecule has 34 heavy (non-hydrogen) atoms. The first-order valence-electron chi connectivity index (χ1n) is 10.8. The quantitative estimate of drug-likeness (QED) is 0.352. The zero-order valence-corrected chi connectivity index (χ0v) is 20.3. The molecule has 0 bridgehead atoms. The summed E-state index contributed by atoms with van der Waals surface area (Å²) in [4.78, 5) is 19.4. The van der Waals surface area contributed by atoms with Gasteiger partial charge >= 0.3 is 0 Å². The van der Waals surface area contributed by atoms with Gasteiger partial charge in [0.25, 0.3) is 0 Å². The van der Waals surface area contributed by atoms with E-state index in [0.717, 1.165) is 27.2 Å². The Morgan fingerprint density at radius 1 is 1.29 bits per heavy atom. The van der Waals surface area contributed by atoms with Crippen LogP contribution >= 0.6 is 23.1 Å². The zero-order valence-electron chi connectivity index (χ0n) is 18.7. The van der Waals surface area contributed by atoms with Crippen molar-refractivity contribution >= 4 is 45.0 Å². The molecule has 0 amide bonds. The van der Waals surface area contributed by atoms with Gasteiger partial charge in [0.15, 0.2) is 5.06 Å². The molecular weight excluding hydrogens is 470 g/mol. The molecule has 1 unspecified atom stereocenters. The van der Waals surface area contributed by atoms with Crippen molar-refractivity contribution < 1.29 is 5.11 Å². The molecule has 0 radical (unpaired) electrons. The van der Waals surface area contributed by atoms with Crippen molar-refractivity contribution in [3.8, 4) is 17.3 Å². The fraction of sp³-hybridized carbons (Fsp3) is 0.364. The molecule has 0 aromatic carbocycles. The maximum atomic E-state index is 10.8. The lowest BCUT2D eigenvalue weighted by Gasteiger charge is -2.54. The average Bonchev–Trinajstić information content (AvgIpc) is 3.46. The maximum Gasteiger partial charge on any atom is 0.228 e. The van der Waals surface area contributed by atoms with Crippen LogP contribution in [0.5, 0.6) is 0 Å². The van der Waals surface area contributed by atoms with Crippen molar-refractivity contribution in [3.63, 3.8) is 0 Å². The van der Waals surface area contributed by atoms with Gasteiger partial charge in [-0.05, 0) is 24.1 Å². The minimum Gasteiger partial charge on any atom is -0.367 e. The molecule has 0 aliphatic carbocycles. The van der Waals surface area contributed by atoms with Crippen LogP contribution in [0.2, 0.25) is 0 Å². The molecule has 1 atom stereocenters. The third-order valence-electron chi connectivity index (χ3n) is 5.85. The van der Waals surface area contributed by atoms with Gasteiger partial charge in [-0.15, -0.1) is 23.1 Å². The number of nitrogens with one attached hydrogen (secondary N) is 1. The van der Waals surface area contributed by atoms with Gasteiger partial charge in [-0.3, -0.25) is 9.58 Å². The highest BCUT2D eigenvalue weighted by molar-refractivity contribution is 8.00. The van der Waals surface area contributed by atoms with E-state index in [0.29, 0.717) is 31.1 Å². The van der Waals surface area contributed by atoms with Gasteiger partial charge in [0.1, 0.15) is 11.9 Å². The number of thiophene rings is 1. The second-order valence-corrected chi connectivity index (χ2v) is 10.8. The highest BCUT2D eigenvalue weighted by Gasteiger charge is 2.51. The monoisotopic (exact) mass is 493 g/mol. The van der Waals surface area contributed by atoms with E-state index in [9.17, 15) is 10.4 Å². The molecule has 4 aromatic rings. The van der Waals surface area contributed by atoms with E-state index in [1.807, 2.05) is 34.1 Å². The lowest BCUT2D eigenvalue weighted by molar-refractivity contribution is -0.117. The Hall–Kier alpha value is -3.11. The number of anilines is 2. The molecule has 0 spiro atoms. The summed E-state index contributed by atoms with van der Waals surface area (Å²) in [7, 11) is 0. The van der Waals surface area contributed by atoms with Crippen LogP contribution in [0, 0.1) is 11.3 Å². The minimum atomic E-state index is -0.971. The second-order valence-electron chi connectivity index (χ2n) is 8.24. The summed E-state index contributed by atoms with van der Waals surface area (Å²) in [5, 5.41) is 29.1. The van der Waals surface area contributed by atoms with Gasteiger partial charge in [-0.2, -0.15) is 10.4 Å². The molecule has 2 N–H and O–H groups in total. The summed E-state index contributed by atoms with van der Waals surface area (Å²) in [5.74, 6) is 1.24. The van der Waals surface area contributed by atoms with Crippen molar-refractivity contribution in [3.05, 3.63) is 42.6 Å². The van der Waals surface area contributed by atoms with Gasteiger partial charge in [0.2, 0.25) is 5.95 Å². The summed E-state index contributed by atoms with van der Waals surface area (Å²) in [5.41, 5.74) is 2.64. The number of rotatable bonds is 8. The number of likely N-dealkylation sites (tertiary alicyclic amines) is 1. The van der Waals surface area contributed by atoms with E-state index in [1.54, 1.807) is 36.9 Å². The van der Waals surface area contributed by atoms with Crippen LogP contribution in [-0.2, 0) is 5.54 Å². The summed E-state index contributed by atoms with van der Waals surface area (Å²) < 4.78 is 2.82. The van der Waals surface area contributed by atoms with E-state index in [2.05, 4.69) is 31.4 Å². The van der Waals surface area contributed by atoms with E-state index in [1.165, 1.54) is 18.1 Å². The van der Waals surface area contributed by atoms with Crippen LogP contribution in [0.1, 0.15) is 20.3 Å². The number of fused-ring (bicyclic) bond motifs is 1. The predicted molar refractivity (Wildman–Crippen MR) is 132 cm³/mol. The third kappa shape index (κ3) is 4.12. The van der Waals surface area contributed by atoms with Gasteiger partial charge in [-0.1, -0.05) is 6.92 Å². The summed E-state index contributed by atoms with van der Waals surface area (Å²) in [6.07, 6.45) is 8.80. The Morgan fingerprint density at radius 3 is 2.82 bits per heavy atom. The molecule has 1 aliphatic rings. The summed E-state index contributed by atoms with van der Waals surface area (Å²) in [6.45, 7) is 4.90. The molecule has 174 valence electrons. The van der Waals surface area contributed by atoms with Gasteiger partial charge < -0.3 is 10.4 Å². The largest absolute Gasteiger partial charge is 0.367 e. The number of aromatic nitrogens is 6. The van der Waals surface area contributed by atoms with E-state index in [-0.39, 0.29) is 0 Å². The lowest BCUT2D eigenvalue weighted by Crippen LogP contribution is -2.68. The molecule has 5 rings (SSSR count). The number of nitriles is 1. The second kappa shape index (κ2) is 8.92. The minimum absolute atomic E-state index is 0.302. The van der Waals surface area contributed by atoms with Gasteiger partial charge in [-0.25, -0.2) is 19.9 Å². The van der Waals surface area contributed by atoms with Crippen molar-refractivity contribution in [2.24, 2.45) is 0 Å². The average molecular weight is 494 g/mol. The van der Waals surface area contributed by atoms with Gasteiger partial charge in [0.05, 0.1) is 52.7 Å². The van der Waals surface area contributed by atoms with Gasteiger partial charge in [0, 0.05) is 24.8 Å². The van der Waals surface area contributed by atoms with E-state index < -0.39 is 10.6 Å². The van der Waals surface area contributed by atoms with Crippen molar-refractivity contribution in [1.29, 1.82) is 5.26 Å². The van der Waals surface area contributed by atoms with Crippen LogP contribution < -0.4 is 5.32 Å². The Bertz CT molecular complexity index is 1340. The molecule has 1 saturated heterocycles. The Balaban J connectivity index is 1.47. The molecule has 12 heteroatoms. The van der Waals surface area contributed by atoms with Crippen molar-refractivity contribution in [2.45, 2.75) is 30.9 Å². The fourth-order valence-electron chi connectivity index (χ4n) is 4.12. The fourth-order valence-corrected chi connectivity index (χ4v) is 5.82. The van der Waals surface area contributed by atoms with Crippen molar-refractivity contribution in [2.75, 3.05) is 24.2 Å². The number of hydrogen-bond acceptors (Lipinski definition) is 11. The van der Waals surface area contributed by atoms with Crippen LogP contribution in [0.3, 0.4) is 0 Å². The lowest BCUT2D eigenvalue weighted by atomic mass is 9.86. The molecule has 5 heterocycles. The van der Waals surface area contributed by atoms with Crippen LogP contribution in [0.25, 0.3) is 21.5 Å². The molecule has 1 aliphatic heterocycles. The molecule has 10 nitrogen and oxygen atoms in total. The Kier molecular flexibility index (Phi) is 5.95. The van der Waals surface area contributed by atoms with Crippen LogP contribution in [0.15, 0.2) is 42.6 Å². The van der Waals surface area contributed by atoms with Crippen LogP contribution in [0.4, 0.5) is 11.6 Å². The molecule has 4 aromatic heterocycles. The molecule has 1 fully saturated rings. The maximum absolute atomic E-state index is 10.8. The highest BCUT2D eigenvalue weighted by Crippen LogP contribution is 2.41. The number of nitrogens with zero attached hydrogens (tertiary/aromatic N) is 8. The first kappa shape index (κ1) is 22.7. The Labute approximate surface area is 204 Å². The zero-order chi connectivity index (χ0) is 23.8.